The molecule has 0 unspecified atom stereocenters. The molecule has 0 aliphatic rings. The summed E-state index contributed by atoms with van der Waals surface area (Å²) >= 11 is 2.96. The zero-order valence-corrected chi connectivity index (χ0v) is 8.67. The zero-order chi connectivity index (χ0) is 8.97. The molecule has 1 aromatic carbocycles. The molecule has 0 N–H and O–H groups in total. The number of benzene rings is 1. The van der Waals surface area contributed by atoms with Gasteiger partial charge in [0.25, 0.3) is 0 Å². The minimum Gasteiger partial charge on any atom is -0.287 e. The van der Waals surface area contributed by atoms with Gasteiger partial charge in [-0.1, -0.05) is 17.8 Å². The topological polar surface area (TPSA) is 17.1 Å². The van der Waals surface area contributed by atoms with Crippen molar-refractivity contribution in [2.75, 3.05) is 6.26 Å². The summed E-state index contributed by atoms with van der Waals surface area (Å²) in [6.45, 7) is 1.58. The lowest BCUT2D eigenvalue weighted by Gasteiger charge is -1.99. The van der Waals surface area contributed by atoms with Gasteiger partial charge in [-0.25, -0.2) is 0 Å². The van der Waals surface area contributed by atoms with E-state index in [4.69, 9.17) is 0 Å². The van der Waals surface area contributed by atoms with Gasteiger partial charge in [0.2, 0.25) is 0 Å². The third-order valence-electron chi connectivity index (χ3n) is 1.30. The van der Waals surface area contributed by atoms with Gasteiger partial charge in [0.1, 0.15) is 0 Å². The molecular formula is C9H10OS2. The van der Waals surface area contributed by atoms with Crippen LogP contribution in [-0.2, 0) is 4.79 Å². The summed E-state index contributed by atoms with van der Waals surface area (Å²) in [5.74, 6) is 0. The Bertz CT molecular complexity index is 284. The van der Waals surface area contributed by atoms with Gasteiger partial charge in [0, 0.05) is 16.7 Å². The molecule has 1 aromatic rings. The highest BCUT2D eigenvalue weighted by molar-refractivity contribution is 8.13. The fourth-order valence-corrected chi connectivity index (χ4v) is 2.03. The van der Waals surface area contributed by atoms with Gasteiger partial charge >= 0.3 is 0 Å². The Balaban J connectivity index is 2.79. The first-order chi connectivity index (χ1) is 5.72. The zero-order valence-electron chi connectivity index (χ0n) is 7.03. The molecule has 12 heavy (non-hydrogen) atoms. The molecule has 0 radical (unpaired) electrons. The Morgan fingerprint density at radius 3 is 2.58 bits per heavy atom. The van der Waals surface area contributed by atoms with Crippen molar-refractivity contribution in [3.05, 3.63) is 24.3 Å². The van der Waals surface area contributed by atoms with Gasteiger partial charge in [-0.2, -0.15) is 0 Å². The van der Waals surface area contributed by atoms with Gasteiger partial charge < -0.3 is 0 Å². The molecule has 1 rings (SSSR count). The Morgan fingerprint density at radius 2 is 2.00 bits per heavy atom. The quantitative estimate of drug-likeness (QED) is 0.680. The van der Waals surface area contributed by atoms with Crippen molar-refractivity contribution in [1.82, 2.24) is 0 Å². The minimum absolute atomic E-state index is 0.133. The van der Waals surface area contributed by atoms with E-state index in [1.165, 1.54) is 16.7 Å². The van der Waals surface area contributed by atoms with Crippen LogP contribution in [0.25, 0.3) is 0 Å². The summed E-state index contributed by atoms with van der Waals surface area (Å²) in [5.41, 5.74) is 0. The molecule has 0 saturated heterocycles. The van der Waals surface area contributed by atoms with Crippen molar-refractivity contribution < 1.29 is 4.79 Å². The molecule has 0 aliphatic heterocycles. The van der Waals surface area contributed by atoms with Gasteiger partial charge in [-0.05, 0) is 24.5 Å². The number of rotatable bonds is 2. The fraction of sp³-hybridized carbons (Fsp3) is 0.222. The van der Waals surface area contributed by atoms with Crippen LogP contribution in [0.2, 0.25) is 0 Å². The number of hydrogen-bond donors (Lipinski definition) is 0. The van der Waals surface area contributed by atoms with E-state index >= 15 is 0 Å². The van der Waals surface area contributed by atoms with E-state index in [1.54, 1.807) is 18.7 Å². The Hall–Kier alpha value is -0.410. The third kappa shape index (κ3) is 2.91. The maximum Gasteiger partial charge on any atom is 0.190 e. The molecule has 0 amide bonds. The van der Waals surface area contributed by atoms with Gasteiger partial charge in [-0.15, -0.1) is 11.8 Å². The van der Waals surface area contributed by atoms with Crippen molar-refractivity contribution in [3.8, 4) is 0 Å². The van der Waals surface area contributed by atoms with Crippen LogP contribution in [0.1, 0.15) is 6.92 Å². The van der Waals surface area contributed by atoms with Gasteiger partial charge in [0.15, 0.2) is 5.12 Å². The first-order valence-electron chi connectivity index (χ1n) is 3.55. The largest absolute Gasteiger partial charge is 0.287 e. The van der Waals surface area contributed by atoms with Crippen molar-refractivity contribution in [1.29, 1.82) is 0 Å². The average Bonchev–Trinajstić information content (AvgIpc) is 2.03. The van der Waals surface area contributed by atoms with Crippen molar-refractivity contribution >= 4 is 28.6 Å². The summed E-state index contributed by atoms with van der Waals surface area (Å²) in [5, 5.41) is 0.133. The van der Waals surface area contributed by atoms with Crippen molar-refractivity contribution in [2.45, 2.75) is 16.7 Å². The Labute approximate surface area is 80.9 Å². The summed E-state index contributed by atoms with van der Waals surface area (Å²) in [7, 11) is 0. The molecule has 3 heteroatoms. The Morgan fingerprint density at radius 1 is 1.33 bits per heavy atom. The Kier molecular flexibility index (Phi) is 3.69. The molecule has 0 spiro atoms. The molecule has 1 nitrogen and oxygen atoms in total. The number of carbonyl (C=O) groups excluding carboxylic acids is 1. The smallest absolute Gasteiger partial charge is 0.190 e. The molecular weight excluding hydrogens is 188 g/mol. The molecule has 0 fully saturated rings. The number of thioether (sulfide) groups is 2. The van der Waals surface area contributed by atoms with Crippen LogP contribution in [0.15, 0.2) is 34.1 Å². The molecule has 0 aliphatic carbocycles. The van der Waals surface area contributed by atoms with E-state index in [2.05, 4.69) is 0 Å². The molecule has 64 valence electrons. The van der Waals surface area contributed by atoms with Crippen LogP contribution in [0, 0.1) is 0 Å². The lowest BCUT2D eigenvalue weighted by Crippen LogP contribution is -1.80. The van der Waals surface area contributed by atoms with E-state index in [9.17, 15) is 4.79 Å². The first kappa shape index (κ1) is 9.68. The predicted molar refractivity (Wildman–Crippen MR) is 54.8 cm³/mol. The highest BCUT2D eigenvalue weighted by atomic mass is 32.2. The second kappa shape index (κ2) is 4.58. The van der Waals surface area contributed by atoms with Crippen LogP contribution in [0.5, 0.6) is 0 Å². The van der Waals surface area contributed by atoms with Gasteiger partial charge in [0.05, 0.1) is 0 Å². The van der Waals surface area contributed by atoms with E-state index in [-0.39, 0.29) is 5.12 Å². The second-order valence-corrected chi connectivity index (χ2v) is 4.40. The lowest BCUT2D eigenvalue weighted by atomic mass is 10.4. The van der Waals surface area contributed by atoms with Crippen molar-refractivity contribution in [3.63, 3.8) is 0 Å². The van der Waals surface area contributed by atoms with E-state index in [0.717, 1.165) is 4.90 Å². The van der Waals surface area contributed by atoms with E-state index in [1.807, 2.05) is 30.5 Å². The van der Waals surface area contributed by atoms with Crippen molar-refractivity contribution in [2.24, 2.45) is 0 Å². The average molecular weight is 198 g/mol. The normalized spacial score (nSPS) is 9.83. The summed E-state index contributed by atoms with van der Waals surface area (Å²) in [4.78, 5) is 13.0. The van der Waals surface area contributed by atoms with E-state index in [0.29, 0.717) is 0 Å². The number of hydrogen-bond acceptors (Lipinski definition) is 3. The number of carbonyl (C=O) groups is 1. The van der Waals surface area contributed by atoms with Crippen LogP contribution in [-0.4, -0.2) is 11.4 Å². The van der Waals surface area contributed by atoms with E-state index < -0.39 is 0 Å². The first-order valence-corrected chi connectivity index (χ1v) is 5.59. The summed E-state index contributed by atoms with van der Waals surface area (Å²) in [6, 6.07) is 7.98. The summed E-state index contributed by atoms with van der Waals surface area (Å²) < 4.78 is 0. The predicted octanol–water partition coefficient (Wildman–Crippen LogP) is 3.05. The molecule has 0 atom stereocenters. The second-order valence-electron chi connectivity index (χ2n) is 2.27. The maximum atomic E-state index is 10.8. The molecule has 0 bridgehead atoms. The molecule has 0 heterocycles. The maximum absolute atomic E-state index is 10.8. The van der Waals surface area contributed by atoms with Crippen LogP contribution in [0.3, 0.4) is 0 Å². The van der Waals surface area contributed by atoms with Crippen LogP contribution < -0.4 is 0 Å². The van der Waals surface area contributed by atoms with Crippen LogP contribution in [0.4, 0.5) is 0 Å². The molecule has 0 aromatic heterocycles. The molecule has 0 saturated carbocycles. The monoisotopic (exact) mass is 198 g/mol. The fourth-order valence-electron chi connectivity index (χ4n) is 0.831. The third-order valence-corrected chi connectivity index (χ3v) is 2.81. The van der Waals surface area contributed by atoms with Gasteiger partial charge in [-0.3, -0.25) is 4.79 Å². The highest BCUT2D eigenvalue weighted by Crippen LogP contribution is 2.23. The SMILES string of the molecule is CSc1cccc(SC(C)=O)c1. The standard InChI is InChI=1S/C9H10OS2/c1-7(10)12-9-5-3-4-8(6-9)11-2/h3-6H,1-2H3. The highest BCUT2D eigenvalue weighted by Gasteiger charge is 1.98. The lowest BCUT2D eigenvalue weighted by molar-refractivity contribution is -0.109. The summed E-state index contributed by atoms with van der Waals surface area (Å²) in [6.07, 6.45) is 2.03. The minimum atomic E-state index is 0.133. The van der Waals surface area contributed by atoms with Crippen LogP contribution >= 0.6 is 23.5 Å².